The van der Waals surface area contributed by atoms with Crippen LogP contribution in [0.15, 0.2) is 24.4 Å². The molecule has 0 amide bonds. The Balaban J connectivity index is 2.55. The van der Waals surface area contributed by atoms with Gasteiger partial charge >= 0.3 is 0 Å². The van der Waals surface area contributed by atoms with Crippen molar-refractivity contribution >= 4 is 0 Å². The Morgan fingerprint density at radius 1 is 1.43 bits per heavy atom. The van der Waals surface area contributed by atoms with Crippen LogP contribution in [-0.2, 0) is 6.54 Å². The molecule has 1 rings (SSSR count). The molecular weight excluding hydrogens is 176 g/mol. The number of aliphatic hydroxyl groups is 1. The van der Waals surface area contributed by atoms with Crippen LogP contribution in [0.25, 0.3) is 0 Å². The van der Waals surface area contributed by atoms with Gasteiger partial charge < -0.3 is 5.11 Å². The Morgan fingerprint density at radius 3 is 2.71 bits per heavy atom. The van der Waals surface area contributed by atoms with Gasteiger partial charge in [-0.25, -0.2) is 0 Å². The van der Waals surface area contributed by atoms with Crippen LogP contribution >= 0.6 is 0 Å². The first kappa shape index (κ1) is 11.1. The van der Waals surface area contributed by atoms with Gasteiger partial charge in [-0.2, -0.15) is 0 Å². The quantitative estimate of drug-likeness (QED) is 0.767. The molecule has 0 radical (unpaired) electrons. The zero-order valence-corrected chi connectivity index (χ0v) is 8.85. The Morgan fingerprint density at radius 2 is 2.21 bits per heavy atom. The van der Waals surface area contributed by atoms with Crippen LogP contribution in [0.2, 0.25) is 0 Å². The molecule has 3 heteroatoms. The fourth-order valence-corrected chi connectivity index (χ4v) is 1.35. The van der Waals surface area contributed by atoms with E-state index in [1.165, 1.54) is 0 Å². The van der Waals surface area contributed by atoms with Gasteiger partial charge in [0.2, 0.25) is 0 Å². The molecule has 0 aromatic carbocycles. The molecule has 0 aliphatic rings. The number of rotatable bonds is 5. The maximum atomic E-state index is 8.90. The van der Waals surface area contributed by atoms with Crippen LogP contribution in [-0.4, -0.2) is 34.2 Å². The van der Waals surface area contributed by atoms with Crippen molar-refractivity contribution < 1.29 is 5.11 Å². The van der Waals surface area contributed by atoms with Crippen molar-refractivity contribution in [2.24, 2.45) is 0 Å². The summed E-state index contributed by atoms with van der Waals surface area (Å²) in [4.78, 5) is 6.46. The largest absolute Gasteiger partial charge is 0.395 e. The zero-order valence-electron chi connectivity index (χ0n) is 8.85. The molecule has 0 aliphatic carbocycles. The number of hydrogen-bond donors (Lipinski definition) is 1. The van der Waals surface area contributed by atoms with Crippen molar-refractivity contribution in [2.75, 3.05) is 13.2 Å². The third kappa shape index (κ3) is 3.44. The van der Waals surface area contributed by atoms with Gasteiger partial charge in [-0.1, -0.05) is 6.07 Å². The number of hydrogen-bond acceptors (Lipinski definition) is 3. The number of aromatic nitrogens is 1. The average Bonchev–Trinajstić information content (AvgIpc) is 2.18. The van der Waals surface area contributed by atoms with Crippen LogP contribution in [0.4, 0.5) is 0 Å². The maximum absolute atomic E-state index is 8.90. The van der Waals surface area contributed by atoms with Crippen LogP contribution in [0, 0.1) is 0 Å². The van der Waals surface area contributed by atoms with Crippen LogP contribution < -0.4 is 0 Å². The SMILES string of the molecule is CC(C)N(CCO)Cc1ccccn1. The number of pyridine rings is 1. The summed E-state index contributed by atoms with van der Waals surface area (Å²) in [5, 5.41) is 8.90. The van der Waals surface area contributed by atoms with Gasteiger partial charge in [-0.15, -0.1) is 0 Å². The molecule has 3 nitrogen and oxygen atoms in total. The molecule has 78 valence electrons. The van der Waals surface area contributed by atoms with Crippen LogP contribution in [0.3, 0.4) is 0 Å². The molecule has 1 heterocycles. The molecule has 0 saturated heterocycles. The number of aliphatic hydroxyl groups excluding tert-OH is 1. The molecule has 0 bridgehead atoms. The van der Waals surface area contributed by atoms with E-state index in [-0.39, 0.29) is 6.61 Å². The minimum Gasteiger partial charge on any atom is -0.395 e. The number of nitrogens with zero attached hydrogens (tertiary/aromatic N) is 2. The molecule has 0 fully saturated rings. The van der Waals surface area contributed by atoms with Gasteiger partial charge in [-0.05, 0) is 26.0 Å². The Labute approximate surface area is 85.4 Å². The van der Waals surface area contributed by atoms with E-state index < -0.39 is 0 Å². The second-order valence-electron chi connectivity index (χ2n) is 3.61. The van der Waals surface area contributed by atoms with E-state index >= 15 is 0 Å². The molecule has 0 saturated carbocycles. The fraction of sp³-hybridized carbons (Fsp3) is 0.545. The van der Waals surface area contributed by atoms with E-state index in [0.29, 0.717) is 12.6 Å². The van der Waals surface area contributed by atoms with Gasteiger partial charge in [0.25, 0.3) is 0 Å². The van der Waals surface area contributed by atoms with Crippen LogP contribution in [0.5, 0.6) is 0 Å². The first-order chi connectivity index (χ1) is 6.74. The topological polar surface area (TPSA) is 36.4 Å². The lowest BCUT2D eigenvalue weighted by atomic mass is 10.2. The van der Waals surface area contributed by atoms with Gasteiger partial charge in [0, 0.05) is 25.3 Å². The third-order valence-corrected chi connectivity index (χ3v) is 2.21. The van der Waals surface area contributed by atoms with E-state index in [0.717, 1.165) is 12.2 Å². The summed E-state index contributed by atoms with van der Waals surface area (Å²) in [6.45, 7) is 5.95. The highest BCUT2D eigenvalue weighted by Gasteiger charge is 2.09. The van der Waals surface area contributed by atoms with E-state index in [1.807, 2.05) is 18.2 Å². The Kier molecular flexibility index (Phi) is 4.56. The van der Waals surface area contributed by atoms with E-state index in [9.17, 15) is 0 Å². The third-order valence-electron chi connectivity index (χ3n) is 2.21. The predicted octanol–water partition coefficient (Wildman–Crippen LogP) is 1.28. The molecule has 1 aromatic rings. The zero-order chi connectivity index (χ0) is 10.4. The van der Waals surface area contributed by atoms with Crippen molar-refractivity contribution in [1.82, 2.24) is 9.88 Å². The van der Waals surface area contributed by atoms with Gasteiger partial charge in [0.05, 0.1) is 12.3 Å². The summed E-state index contributed by atoms with van der Waals surface area (Å²) in [6, 6.07) is 6.34. The lowest BCUT2D eigenvalue weighted by Crippen LogP contribution is -2.33. The first-order valence-electron chi connectivity index (χ1n) is 4.99. The Hall–Kier alpha value is -0.930. The van der Waals surface area contributed by atoms with Crippen molar-refractivity contribution in [2.45, 2.75) is 26.4 Å². The highest BCUT2D eigenvalue weighted by atomic mass is 16.3. The normalized spacial score (nSPS) is 11.2. The molecule has 1 aromatic heterocycles. The summed E-state index contributed by atoms with van der Waals surface area (Å²) in [5.74, 6) is 0. The second-order valence-corrected chi connectivity index (χ2v) is 3.61. The minimum atomic E-state index is 0.199. The summed E-state index contributed by atoms with van der Waals surface area (Å²) in [5.41, 5.74) is 1.05. The summed E-state index contributed by atoms with van der Waals surface area (Å²) >= 11 is 0. The average molecular weight is 194 g/mol. The van der Waals surface area contributed by atoms with Crippen molar-refractivity contribution in [3.63, 3.8) is 0 Å². The predicted molar refractivity (Wildman–Crippen MR) is 56.9 cm³/mol. The summed E-state index contributed by atoms with van der Waals surface area (Å²) < 4.78 is 0. The maximum Gasteiger partial charge on any atom is 0.0558 e. The molecule has 0 spiro atoms. The molecular formula is C11H18N2O. The second kappa shape index (κ2) is 5.73. The van der Waals surface area contributed by atoms with Crippen molar-refractivity contribution in [3.8, 4) is 0 Å². The van der Waals surface area contributed by atoms with E-state index in [2.05, 4.69) is 23.7 Å². The lowest BCUT2D eigenvalue weighted by molar-refractivity contribution is 0.158. The van der Waals surface area contributed by atoms with Gasteiger partial charge in [0.15, 0.2) is 0 Å². The molecule has 0 aliphatic heterocycles. The summed E-state index contributed by atoms with van der Waals surface area (Å²) in [6.07, 6.45) is 1.80. The monoisotopic (exact) mass is 194 g/mol. The smallest absolute Gasteiger partial charge is 0.0558 e. The molecule has 14 heavy (non-hydrogen) atoms. The molecule has 0 unspecified atom stereocenters. The highest BCUT2D eigenvalue weighted by molar-refractivity contribution is 5.03. The Bertz CT molecular complexity index is 249. The van der Waals surface area contributed by atoms with Crippen molar-refractivity contribution in [1.29, 1.82) is 0 Å². The van der Waals surface area contributed by atoms with Gasteiger partial charge in [-0.3, -0.25) is 9.88 Å². The minimum absolute atomic E-state index is 0.199. The van der Waals surface area contributed by atoms with Gasteiger partial charge in [0.1, 0.15) is 0 Å². The summed E-state index contributed by atoms with van der Waals surface area (Å²) in [7, 11) is 0. The first-order valence-corrected chi connectivity index (χ1v) is 4.99. The highest BCUT2D eigenvalue weighted by Crippen LogP contribution is 2.04. The lowest BCUT2D eigenvalue weighted by Gasteiger charge is -2.24. The molecule has 1 N–H and O–H groups in total. The van der Waals surface area contributed by atoms with E-state index in [1.54, 1.807) is 6.20 Å². The van der Waals surface area contributed by atoms with Crippen molar-refractivity contribution in [3.05, 3.63) is 30.1 Å². The van der Waals surface area contributed by atoms with E-state index in [4.69, 9.17) is 5.11 Å². The van der Waals surface area contributed by atoms with Crippen LogP contribution in [0.1, 0.15) is 19.5 Å². The molecule has 0 atom stereocenters. The standard InChI is InChI=1S/C11H18N2O/c1-10(2)13(7-8-14)9-11-5-3-4-6-12-11/h3-6,10,14H,7-9H2,1-2H3. The fourth-order valence-electron chi connectivity index (χ4n) is 1.35.